The molecule has 1 aromatic heterocycles. The van der Waals surface area contributed by atoms with Crippen LogP contribution in [0.15, 0.2) is 28.8 Å². The number of carboxylic acids is 2. The van der Waals surface area contributed by atoms with E-state index in [0.717, 1.165) is 24.5 Å². The Kier molecular flexibility index (Phi) is 7.01. The van der Waals surface area contributed by atoms with E-state index in [1.807, 2.05) is 24.3 Å². The van der Waals surface area contributed by atoms with Crippen molar-refractivity contribution < 1.29 is 29.1 Å². The fourth-order valence-corrected chi connectivity index (χ4v) is 3.07. The van der Waals surface area contributed by atoms with Crippen LogP contribution in [0.1, 0.15) is 42.0 Å². The molecule has 2 fully saturated rings. The molecule has 0 spiro atoms. The molecule has 0 radical (unpaired) electrons. The van der Waals surface area contributed by atoms with E-state index in [2.05, 4.69) is 20.4 Å². The highest BCUT2D eigenvalue weighted by Crippen LogP contribution is 2.39. The first kappa shape index (κ1) is 21.7. The van der Waals surface area contributed by atoms with Crippen LogP contribution in [0.5, 0.6) is 0 Å². The van der Waals surface area contributed by atoms with Gasteiger partial charge in [0.1, 0.15) is 0 Å². The van der Waals surface area contributed by atoms with Crippen molar-refractivity contribution in [2.24, 2.45) is 0 Å². The summed E-state index contributed by atoms with van der Waals surface area (Å²) in [5, 5.41) is 22.4. The van der Waals surface area contributed by atoms with Gasteiger partial charge in [0, 0.05) is 30.6 Å². The van der Waals surface area contributed by atoms with E-state index in [1.165, 1.54) is 12.8 Å². The lowest BCUT2D eigenvalue weighted by molar-refractivity contribution is -0.159. The monoisotopic (exact) mass is 436 g/mol. The SMILES string of the molecule is O=C(CN1CC(c2nc(C3CC3)no2)C1)NCc1ccccc1Cl.O=C(O)C(=O)O. The molecule has 2 aromatic rings. The Labute approximate surface area is 176 Å². The third-order valence-electron chi connectivity index (χ3n) is 4.69. The fourth-order valence-electron chi connectivity index (χ4n) is 2.87. The van der Waals surface area contributed by atoms with E-state index in [0.29, 0.717) is 29.9 Å². The quantitative estimate of drug-likeness (QED) is 0.572. The van der Waals surface area contributed by atoms with Crippen LogP contribution in [-0.4, -0.2) is 62.7 Å². The second-order valence-corrected chi connectivity index (χ2v) is 7.54. The van der Waals surface area contributed by atoms with Gasteiger partial charge in [0.2, 0.25) is 11.8 Å². The number of carbonyl (C=O) groups excluding carboxylic acids is 1. The molecule has 30 heavy (non-hydrogen) atoms. The molecule has 0 unspecified atom stereocenters. The number of nitrogens with one attached hydrogen (secondary N) is 1. The van der Waals surface area contributed by atoms with Crippen molar-refractivity contribution in [1.82, 2.24) is 20.4 Å². The molecule has 1 aromatic carbocycles. The molecular weight excluding hydrogens is 416 g/mol. The lowest BCUT2D eigenvalue weighted by atomic mass is 10.0. The van der Waals surface area contributed by atoms with Gasteiger partial charge in [0.05, 0.1) is 12.5 Å². The highest BCUT2D eigenvalue weighted by atomic mass is 35.5. The summed E-state index contributed by atoms with van der Waals surface area (Å²) in [6, 6.07) is 7.52. The highest BCUT2D eigenvalue weighted by molar-refractivity contribution is 6.31. The molecule has 2 heterocycles. The topological polar surface area (TPSA) is 146 Å². The lowest BCUT2D eigenvalue weighted by Crippen LogP contribution is -2.49. The van der Waals surface area contributed by atoms with Crippen molar-refractivity contribution in [3.63, 3.8) is 0 Å². The molecular formula is C19H21ClN4O6. The van der Waals surface area contributed by atoms with E-state index in [1.54, 1.807) is 0 Å². The van der Waals surface area contributed by atoms with Gasteiger partial charge in [0.25, 0.3) is 0 Å². The Bertz CT molecular complexity index is 911. The molecule has 1 aliphatic carbocycles. The van der Waals surface area contributed by atoms with Crippen molar-refractivity contribution >= 4 is 29.4 Å². The largest absolute Gasteiger partial charge is 0.473 e. The zero-order valence-corrected chi connectivity index (χ0v) is 16.7. The highest BCUT2D eigenvalue weighted by Gasteiger charge is 2.35. The van der Waals surface area contributed by atoms with Gasteiger partial charge in [-0.3, -0.25) is 9.69 Å². The van der Waals surface area contributed by atoms with Crippen LogP contribution in [0.25, 0.3) is 0 Å². The van der Waals surface area contributed by atoms with Gasteiger partial charge in [-0.1, -0.05) is 35.0 Å². The first-order chi connectivity index (χ1) is 14.3. The summed E-state index contributed by atoms with van der Waals surface area (Å²) < 4.78 is 5.34. The van der Waals surface area contributed by atoms with Gasteiger partial charge in [-0.2, -0.15) is 4.98 Å². The van der Waals surface area contributed by atoms with Crippen LogP contribution in [0, 0.1) is 0 Å². The molecule has 1 amide bonds. The van der Waals surface area contributed by atoms with Crippen LogP contribution in [0.2, 0.25) is 5.02 Å². The van der Waals surface area contributed by atoms with Gasteiger partial charge in [-0.25, -0.2) is 9.59 Å². The number of likely N-dealkylation sites (tertiary alicyclic amines) is 1. The Balaban J connectivity index is 0.000000377. The normalized spacial score (nSPS) is 16.2. The van der Waals surface area contributed by atoms with Gasteiger partial charge >= 0.3 is 11.9 Å². The van der Waals surface area contributed by atoms with Gasteiger partial charge in [-0.05, 0) is 24.5 Å². The predicted molar refractivity (Wildman–Crippen MR) is 104 cm³/mol. The maximum atomic E-state index is 12.0. The number of hydrogen-bond acceptors (Lipinski definition) is 7. The van der Waals surface area contributed by atoms with E-state index in [4.69, 9.17) is 35.9 Å². The summed E-state index contributed by atoms with van der Waals surface area (Å²) in [7, 11) is 0. The van der Waals surface area contributed by atoms with Crippen LogP contribution in [0.3, 0.4) is 0 Å². The molecule has 0 bridgehead atoms. The Morgan fingerprint density at radius 2 is 1.80 bits per heavy atom. The minimum atomic E-state index is -1.82. The number of aliphatic carboxylic acids is 2. The second-order valence-electron chi connectivity index (χ2n) is 7.13. The maximum Gasteiger partial charge on any atom is 0.414 e. The molecule has 0 atom stereocenters. The third kappa shape index (κ3) is 6.01. The average Bonchev–Trinajstić information content (AvgIpc) is 3.42. The summed E-state index contributed by atoms with van der Waals surface area (Å²) in [6.07, 6.45) is 2.34. The number of aromatic nitrogens is 2. The molecule has 10 nitrogen and oxygen atoms in total. The summed E-state index contributed by atoms with van der Waals surface area (Å²) in [5.41, 5.74) is 0.924. The Morgan fingerprint density at radius 3 is 2.40 bits per heavy atom. The van der Waals surface area contributed by atoms with E-state index < -0.39 is 11.9 Å². The summed E-state index contributed by atoms with van der Waals surface area (Å²) in [5.74, 6) is -1.33. The van der Waals surface area contributed by atoms with Crippen LogP contribution >= 0.6 is 11.6 Å². The Hall–Kier alpha value is -2.98. The lowest BCUT2D eigenvalue weighted by Gasteiger charge is -2.36. The average molecular weight is 437 g/mol. The van der Waals surface area contributed by atoms with Crippen molar-refractivity contribution in [3.8, 4) is 0 Å². The molecule has 3 N–H and O–H groups in total. The molecule has 2 aliphatic rings. The van der Waals surface area contributed by atoms with Crippen LogP contribution in [-0.2, 0) is 20.9 Å². The number of hydrogen-bond donors (Lipinski definition) is 3. The number of carbonyl (C=O) groups is 3. The summed E-state index contributed by atoms with van der Waals surface area (Å²) in [6.45, 7) is 2.40. The summed E-state index contributed by atoms with van der Waals surface area (Å²) >= 11 is 6.08. The number of benzene rings is 1. The zero-order valence-electron chi connectivity index (χ0n) is 16.0. The molecule has 4 rings (SSSR count). The first-order valence-corrected chi connectivity index (χ1v) is 9.73. The Morgan fingerprint density at radius 1 is 1.13 bits per heavy atom. The first-order valence-electron chi connectivity index (χ1n) is 9.35. The van der Waals surface area contributed by atoms with Crippen molar-refractivity contribution in [3.05, 3.63) is 46.6 Å². The maximum absolute atomic E-state index is 12.0. The van der Waals surface area contributed by atoms with Gasteiger partial charge < -0.3 is 20.1 Å². The van der Waals surface area contributed by atoms with Crippen LogP contribution < -0.4 is 5.32 Å². The predicted octanol–water partition coefficient (Wildman–Crippen LogP) is 1.47. The van der Waals surface area contributed by atoms with Gasteiger partial charge in [0.15, 0.2) is 5.82 Å². The summed E-state index contributed by atoms with van der Waals surface area (Å²) in [4.78, 5) is 36.8. The van der Waals surface area contributed by atoms with Gasteiger partial charge in [-0.15, -0.1) is 0 Å². The van der Waals surface area contributed by atoms with E-state index in [9.17, 15) is 4.79 Å². The van der Waals surface area contributed by atoms with Crippen molar-refractivity contribution in [1.29, 1.82) is 0 Å². The number of halogens is 1. The number of carboxylic acid groups (broad SMARTS) is 2. The van der Waals surface area contributed by atoms with E-state index in [-0.39, 0.29) is 11.8 Å². The smallest absolute Gasteiger partial charge is 0.414 e. The molecule has 11 heteroatoms. The fraction of sp³-hybridized carbons (Fsp3) is 0.421. The minimum absolute atomic E-state index is 0.00225. The molecule has 1 aliphatic heterocycles. The second kappa shape index (κ2) is 9.68. The number of rotatable bonds is 6. The number of nitrogens with zero attached hydrogens (tertiary/aromatic N) is 3. The molecule has 1 saturated heterocycles. The molecule has 1 saturated carbocycles. The molecule has 160 valence electrons. The van der Waals surface area contributed by atoms with Crippen molar-refractivity contribution in [2.45, 2.75) is 31.2 Å². The standard InChI is InChI=1S/C17H19ClN4O2.C2H2O4/c18-14-4-2-1-3-12(14)7-19-15(23)10-22-8-13(9-22)17-20-16(21-24-17)11-5-6-11;3-1(4)2(5)6/h1-4,11,13H,5-10H2,(H,19,23);(H,3,4)(H,5,6). The zero-order chi connectivity index (χ0) is 21.7. The van der Waals surface area contributed by atoms with E-state index >= 15 is 0 Å². The number of amides is 1. The van der Waals surface area contributed by atoms with Crippen molar-refractivity contribution in [2.75, 3.05) is 19.6 Å². The minimum Gasteiger partial charge on any atom is -0.473 e. The third-order valence-corrected chi connectivity index (χ3v) is 5.06. The van der Waals surface area contributed by atoms with Crippen LogP contribution in [0.4, 0.5) is 0 Å².